The van der Waals surface area contributed by atoms with E-state index in [4.69, 9.17) is 15.0 Å². The molecule has 0 fully saturated rings. The summed E-state index contributed by atoms with van der Waals surface area (Å²) in [5.41, 5.74) is 11.6. The summed E-state index contributed by atoms with van der Waals surface area (Å²) in [6.45, 7) is 0. The zero-order valence-electron chi connectivity index (χ0n) is 33.2. The second-order valence-corrected chi connectivity index (χ2v) is 15.8. The highest BCUT2D eigenvalue weighted by Crippen LogP contribution is 2.58. The van der Waals surface area contributed by atoms with E-state index in [1.54, 1.807) is 0 Å². The predicted molar refractivity (Wildman–Crippen MR) is 251 cm³/mol. The second kappa shape index (κ2) is 14.1. The third-order valence-electron chi connectivity index (χ3n) is 12.6. The fourth-order valence-electron chi connectivity index (χ4n) is 10.0. The van der Waals surface area contributed by atoms with Crippen molar-refractivity contribution in [2.24, 2.45) is 0 Å². The van der Waals surface area contributed by atoms with Gasteiger partial charge in [-0.05, 0) is 82.9 Å². The first-order valence-electron chi connectivity index (χ1n) is 20.9. The molecule has 1 heterocycles. The van der Waals surface area contributed by atoms with E-state index in [9.17, 15) is 0 Å². The first-order chi connectivity index (χ1) is 30.3. The lowest BCUT2D eigenvalue weighted by Crippen LogP contribution is -2.29. The highest BCUT2D eigenvalue weighted by atomic mass is 15.0. The van der Waals surface area contributed by atoms with Gasteiger partial charge in [0.25, 0.3) is 0 Å². The summed E-state index contributed by atoms with van der Waals surface area (Å²) in [7, 11) is 0. The average Bonchev–Trinajstić information content (AvgIpc) is 3.65. The van der Waals surface area contributed by atoms with Crippen LogP contribution in [0, 0.1) is 0 Å². The molecule has 0 saturated heterocycles. The van der Waals surface area contributed by atoms with Crippen LogP contribution in [0.5, 0.6) is 0 Å². The molecule has 1 aromatic heterocycles. The van der Waals surface area contributed by atoms with Gasteiger partial charge in [0.2, 0.25) is 0 Å². The average molecular weight is 776 g/mol. The molecule has 0 atom stereocenters. The Bertz CT molecular complexity index is 3430. The van der Waals surface area contributed by atoms with Crippen molar-refractivity contribution in [3.05, 3.63) is 247 Å². The quantitative estimate of drug-likeness (QED) is 0.125. The minimum absolute atomic E-state index is 0.625. The Morgan fingerprint density at radius 2 is 0.820 bits per heavy atom. The molecule has 0 bridgehead atoms. The largest absolute Gasteiger partial charge is 0.208 e. The van der Waals surface area contributed by atoms with Crippen LogP contribution in [0.25, 0.3) is 88.7 Å². The van der Waals surface area contributed by atoms with Crippen molar-refractivity contribution in [2.75, 3.05) is 0 Å². The molecule has 0 amide bonds. The van der Waals surface area contributed by atoms with Crippen LogP contribution >= 0.6 is 0 Å². The Kier molecular flexibility index (Phi) is 8.07. The van der Waals surface area contributed by atoms with Crippen LogP contribution in [-0.2, 0) is 5.41 Å². The van der Waals surface area contributed by atoms with E-state index in [2.05, 4.69) is 224 Å². The van der Waals surface area contributed by atoms with E-state index in [0.717, 1.165) is 44.0 Å². The monoisotopic (exact) mass is 775 g/mol. The molecule has 0 saturated carbocycles. The van der Waals surface area contributed by atoms with Crippen LogP contribution in [0.15, 0.2) is 224 Å². The SMILES string of the molecule is c1ccc(-c2ccccc2-c2nc(-c3cccc4c3C(c3ccccc3)(c3ccccc3)c3ccccc3-4)nc(-c3c4ccccc4cc4c3ccc3ccccc34)n2)cc1. The van der Waals surface area contributed by atoms with Crippen molar-refractivity contribution < 1.29 is 0 Å². The molecule has 3 heteroatoms. The van der Waals surface area contributed by atoms with Gasteiger partial charge >= 0.3 is 0 Å². The standard InChI is InChI=1S/C58H37N3/c1-4-19-38(20-5-1)43-27-14-15-31-49(43)55-59-56(61-57(60-55)53-45-29-13-11-22-40(45)37-51-44-28-12-10-21-39(44)35-36-47(51)53)50-33-18-32-48-46-30-16-17-34-52(46)58(54(48)50,41-23-6-2-7-24-41)42-25-8-3-9-26-42/h1-37H. The number of hydrogen-bond donors (Lipinski definition) is 0. The fourth-order valence-corrected chi connectivity index (χ4v) is 10.0. The third-order valence-corrected chi connectivity index (χ3v) is 12.6. The molecule has 284 valence electrons. The van der Waals surface area contributed by atoms with Crippen LogP contribution in [0.4, 0.5) is 0 Å². The minimum atomic E-state index is -0.648. The van der Waals surface area contributed by atoms with Crippen molar-refractivity contribution in [2.45, 2.75) is 5.41 Å². The van der Waals surface area contributed by atoms with Gasteiger partial charge in [-0.3, -0.25) is 0 Å². The number of nitrogens with zero attached hydrogens (tertiary/aromatic N) is 3. The van der Waals surface area contributed by atoms with Crippen LogP contribution in [0.1, 0.15) is 22.3 Å². The molecule has 0 spiro atoms. The number of benzene rings is 10. The van der Waals surface area contributed by atoms with Gasteiger partial charge in [-0.2, -0.15) is 0 Å². The normalized spacial score (nSPS) is 12.7. The zero-order chi connectivity index (χ0) is 40.3. The summed E-state index contributed by atoms with van der Waals surface area (Å²) in [5, 5.41) is 6.90. The van der Waals surface area contributed by atoms with Gasteiger partial charge in [-0.15, -0.1) is 0 Å². The second-order valence-electron chi connectivity index (χ2n) is 15.8. The Morgan fingerprint density at radius 1 is 0.295 bits per heavy atom. The highest BCUT2D eigenvalue weighted by molar-refractivity contribution is 6.19. The van der Waals surface area contributed by atoms with Gasteiger partial charge in [0.15, 0.2) is 17.5 Å². The summed E-state index contributed by atoms with van der Waals surface area (Å²) in [6.07, 6.45) is 0. The summed E-state index contributed by atoms with van der Waals surface area (Å²) >= 11 is 0. The maximum absolute atomic E-state index is 5.65. The van der Waals surface area contributed by atoms with Gasteiger partial charge < -0.3 is 0 Å². The minimum Gasteiger partial charge on any atom is -0.208 e. The molecule has 0 N–H and O–H groups in total. The molecule has 1 aliphatic rings. The van der Waals surface area contributed by atoms with Gasteiger partial charge in [0.05, 0.1) is 5.41 Å². The van der Waals surface area contributed by atoms with E-state index in [-0.39, 0.29) is 0 Å². The predicted octanol–water partition coefficient (Wildman–Crippen LogP) is 14.4. The Hall–Kier alpha value is -8.01. The third kappa shape index (κ3) is 5.41. The molecule has 10 aromatic carbocycles. The van der Waals surface area contributed by atoms with E-state index >= 15 is 0 Å². The first kappa shape index (κ1) is 35.0. The number of aromatic nitrogens is 3. The van der Waals surface area contributed by atoms with E-state index in [1.165, 1.54) is 49.5 Å². The summed E-state index contributed by atoms with van der Waals surface area (Å²) in [6, 6.07) is 80.4. The molecular weight excluding hydrogens is 739 g/mol. The Labute approximate surface area is 354 Å². The van der Waals surface area contributed by atoms with E-state index < -0.39 is 5.41 Å². The van der Waals surface area contributed by atoms with Gasteiger partial charge in [0, 0.05) is 16.7 Å². The maximum Gasteiger partial charge on any atom is 0.165 e. The summed E-state index contributed by atoms with van der Waals surface area (Å²) < 4.78 is 0. The first-order valence-corrected chi connectivity index (χ1v) is 20.9. The summed E-state index contributed by atoms with van der Waals surface area (Å²) in [4.78, 5) is 16.7. The van der Waals surface area contributed by atoms with Crippen molar-refractivity contribution in [1.82, 2.24) is 15.0 Å². The van der Waals surface area contributed by atoms with E-state index in [0.29, 0.717) is 17.5 Å². The smallest absolute Gasteiger partial charge is 0.165 e. The van der Waals surface area contributed by atoms with Crippen molar-refractivity contribution >= 4 is 32.3 Å². The van der Waals surface area contributed by atoms with Crippen LogP contribution < -0.4 is 0 Å². The van der Waals surface area contributed by atoms with Gasteiger partial charge in [-0.1, -0.05) is 218 Å². The lowest BCUT2D eigenvalue weighted by Gasteiger charge is -2.35. The molecule has 0 unspecified atom stereocenters. The van der Waals surface area contributed by atoms with Crippen LogP contribution in [-0.4, -0.2) is 15.0 Å². The number of fused-ring (bicyclic) bond motifs is 7. The van der Waals surface area contributed by atoms with Crippen molar-refractivity contribution in [1.29, 1.82) is 0 Å². The van der Waals surface area contributed by atoms with Crippen LogP contribution in [0.3, 0.4) is 0 Å². The van der Waals surface area contributed by atoms with Crippen molar-refractivity contribution in [3.63, 3.8) is 0 Å². The molecule has 12 rings (SSSR count). The summed E-state index contributed by atoms with van der Waals surface area (Å²) in [5.74, 6) is 1.89. The molecule has 0 aliphatic heterocycles. The molecule has 11 aromatic rings. The highest BCUT2D eigenvalue weighted by Gasteiger charge is 2.48. The van der Waals surface area contributed by atoms with E-state index in [1.807, 2.05) is 0 Å². The molecule has 1 aliphatic carbocycles. The maximum atomic E-state index is 5.65. The number of rotatable bonds is 6. The van der Waals surface area contributed by atoms with Gasteiger partial charge in [0.1, 0.15) is 0 Å². The number of hydrogen-bond acceptors (Lipinski definition) is 3. The zero-order valence-corrected chi connectivity index (χ0v) is 33.2. The molecule has 3 nitrogen and oxygen atoms in total. The topological polar surface area (TPSA) is 38.7 Å². The van der Waals surface area contributed by atoms with Crippen molar-refractivity contribution in [3.8, 4) is 56.4 Å². The Morgan fingerprint density at radius 3 is 1.56 bits per heavy atom. The molecular formula is C58H37N3. The Balaban J connectivity index is 1.22. The lowest BCUT2D eigenvalue weighted by atomic mass is 9.66. The molecule has 61 heavy (non-hydrogen) atoms. The fraction of sp³-hybridized carbons (Fsp3) is 0.0172. The molecule has 0 radical (unpaired) electrons. The lowest BCUT2D eigenvalue weighted by molar-refractivity contribution is 0.769. The van der Waals surface area contributed by atoms with Crippen LogP contribution in [0.2, 0.25) is 0 Å². The van der Waals surface area contributed by atoms with Gasteiger partial charge in [-0.25, -0.2) is 15.0 Å².